The highest BCUT2D eigenvalue weighted by atomic mass is 16.6. The molecule has 1 rings (SSSR count). The molecule has 0 aliphatic carbocycles. The van der Waals surface area contributed by atoms with Crippen molar-refractivity contribution in [2.24, 2.45) is 5.41 Å². The van der Waals surface area contributed by atoms with Gasteiger partial charge in [0.2, 0.25) is 0 Å². The van der Waals surface area contributed by atoms with Crippen molar-refractivity contribution in [3.63, 3.8) is 0 Å². The lowest BCUT2D eigenvalue weighted by atomic mass is 9.84. The summed E-state index contributed by atoms with van der Waals surface area (Å²) >= 11 is 0. The molecule has 2 N–H and O–H groups in total. The molecular weight excluding hydrogens is 222 g/mol. The van der Waals surface area contributed by atoms with Crippen molar-refractivity contribution in [2.45, 2.75) is 39.2 Å². The van der Waals surface area contributed by atoms with Gasteiger partial charge in [0, 0.05) is 25.2 Å². The summed E-state index contributed by atoms with van der Waals surface area (Å²) in [5.41, 5.74) is -0.619. The second-order valence-electron chi connectivity index (χ2n) is 5.63. The summed E-state index contributed by atoms with van der Waals surface area (Å²) in [4.78, 5) is 11.5. The Kier molecular flexibility index (Phi) is 4.77. The van der Waals surface area contributed by atoms with Gasteiger partial charge in [-0.3, -0.25) is 0 Å². The lowest BCUT2D eigenvalue weighted by Crippen LogP contribution is -2.41. The average molecular weight is 245 g/mol. The Balaban J connectivity index is 2.39. The van der Waals surface area contributed by atoms with Crippen molar-refractivity contribution in [3.8, 4) is 0 Å². The third-order valence-corrected chi connectivity index (χ3v) is 2.83. The minimum absolute atomic E-state index is 0.110. The fourth-order valence-corrected chi connectivity index (χ4v) is 1.89. The minimum atomic E-state index is -0.486. The maximum Gasteiger partial charge on any atom is 0.407 e. The molecule has 0 bridgehead atoms. The largest absolute Gasteiger partial charge is 0.444 e. The van der Waals surface area contributed by atoms with Crippen LogP contribution >= 0.6 is 0 Å². The van der Waals surface area contributed by atoms with Crippen molar-refractivity contribution < 1.29 is 19.4 Å². The first kappa shape index (κ1) is 14.3. The molecule has 100 valence electrons. The Hall–Kier alpha value is -0.810. The first-order valence-corrected chi connectivity index (χ1v) is 6.02. The second-order valence-corrected chi connectivity index (χ2v) is 5.63. The quantitative estimate of drug-likeness (QED) is 0.783. The molecule has 17 heavy (non-hydrogen) atoms. The molecule has 1 fully saturated rings. The predicted molar refractivity (Wildman–Crippen MR) is 63.8 cm³/mol. The van der Waals surface area contributed by atoms with Gasteiger partial charge in [0.25, 0.3) is 0 Å². The smallest absolute Gasteiger partial charge is 0.407 e. The van der Waals surface area contributed by atoms with Crippen LogP contribution in [0.3, 0.4) is 0 Å². The molecule has 0 saturated carbocycles. The first-order chi connectivity index (χ1) is 7.87. The first-order valence-electron chi connectivity index (χ1n) is 6.02. The van der Waals surface area contributed by atoms with Crippen molar-refractivity contribution in [2.75, 3.05) is 26.4 Å². The molecule has 1 saturated heterocycles. The topological polar surface area (TPSA) is 67.8 Å². The summed E-state index contributed by atoms with van der Waals surface area (Å²) in [5.74, 6) is 0. The zero-order valence-electron chi connectivity index (χ0n) is 10.9. The van der Waals surface area contributed by atoms with Gasteiger partial charge in [-0.2, -0.15) is 0 Å². The fourth-order valence-electron chi connectivity index (χ4n) is 1.89. The molecule has 0 aromatic heterocycles. The third kappa shape index (κ3) is 4.91. The maximum atomic E-state index is 11.5. The molecule has 5 heteroatoms. The lowest BCUT2D eigenvalue weighted by Gasteiger charge is -2.27. The van der Waals surface area contributed by atoms with Gasteiger partial charge in [0.15, 0.2) is 0 Å². The van der Waals surface area contributed by atoms with E-state index >= 15 is 0 Å². The van der Waals surface area contributed by atoms with Crippen LogP contribution in [0.1, 0.15) is 33.6 Å². The number of rotatable bonds is 4. The highest BCUT2D eigenvalue weighted by Crippen LogP contribution is 2.31. The van der Waals surface area contributed by atoms with Crippen molar-refractivity contribution in [3.05, 3.63) is 0 Å². The number of carbonyl (C=O) groups is 1. The molecule has 1 aliphatic heterocycles. The van der Waals surface area contributed by atoms with Crippen LogP contribution in [0.4, 0.5) is 4.79 Å². The Labute approximate surface area is 102 Å². The molecule has 0 spiro atoms. The third-order valence-electron chi connectivity index (χ3n) is 2.83. The molecule has 0 aromatic carbocycles. The number of carbonyl (C=O) groups excluding carboxylic acids is 1. The van der Waals surface area contributed by atoms with E-state index in [1.165, 1.54) is 0 Å². The molecule has 5 nitrogen and oxygen atoms in total. The summed E-state index contributed by atoms with van der Waals surface area (Å²) < 4.78 is 10.5. The molecule has 1 heterocycles. The van der Waals surface area contributed by atoms with Crippen LogP contribution in [-0.4, -0.2) is 43.2 Å². The van der Waals surface area contributed by atoms with Crippen LogP contribution < -0.4 is 5.32 Å². The molecule has 1 atom stereocenters. The maximum absolute atomic E-state index is 11.5. The Bertz CT molecular complexity index is 254. The zero-order valence-corrected chi connectivity index (χ0v) is 10.9. The van der Waals surface area contributed by atoms with Crippen LogP contribution in [0.25, 0.3) is 0 Å². The van der Waals surface area contributed by atoms with Crippen LogP contribution in [0.2, 0.25) is 0 Å². The van der Waals surface area contributed by atoms with Gasteiger partial charge in [0.1, 0.15) is 5.60 Å². The summed E-state index contributed by atoms with van der Waals surface area (Å²) in [6, 6.07) is 0. The lowest BCUT2D eigenvalue weighted by molar-refractivity contribution is 0.0478. The Morgan fingerprint density at radius 2 is 2.24 bits per heavy atom. The molecule has 1 amide bonds. The van der Waals surface area contributed by atoms with Crippen molar-refractivity contribution in [1.29, 1.82) is 0 Å². The highest BCUT2D eigenvalue weighted by molar-refractivity contribution is 5.67. The van der Waals surface area contributed by atoms with Gasteiger partial charge < -0.3 is 19.9 Å². The van der Waals surface area contributed by atoms with E-state index in [0.29, 0.717) is 26.2 Å². The number of nitrogens with one attached hydrogen (secondary N) is 1. The van der Waals surface area contributed by atoms with E-state index in [1.54, 1.807) is 0 Å². The van der Waals surface area contributed by atoms with Crippen LogP contribution in [0, 0.1) is 5.41 Å². The average Bonchev–Trinajstić information content (AvgIpc) is 2.62. The van der Waals surface area contributed by atoms with E-state index in [2.05, 4.69) is 5.32 Å². The van der Waals surface area contributed by atoms with Gasteiger partial charge in [-0.25, -0.2) is 4.79 Å². The number of aliphatic hydroxyl groups is 1. The number of amides is 1. The van der Waals surface area contributed by atoms with E-state index in [0.717, 1.165) is 6.42 Å². The van der Waals surface area contributed by atoms with Gasteiger partial charge >= 0.3 is 6.09 Å². The van der Waals surface area contributed by atoms with Gasteiger partial charge in [-0.05, 0) is 33.6 Å². The number of aliphatic hydroxyl groups excluding tert-OH is 1. The summed E-state index contributed by atoms with van der Waals surface area (Å²) in [6.45, 7) is 7.36. The summed E-state index contributed by atoms with van der Waals surface area (Å²) in [5, 5.41) is 11.8. The van der Waals surface area contributed by atoms with E-state index in [9.17, 15) is 4.79 Å². The second kappa shape index (κ2) is 5.69. The molecule has 0 aromatic rings. The minimum Gasteiger partial charge on any atom is -0.444 e. The highest BCUT2D eigenvalue weighted by Gasteiger charge is 2.35. The summed E-state index contributed by atoms with van der Waals surface area (Å²) in [7, 11) is 0. The van der Waals surface area contributed by atoms with Crippen LogP contribution in [0.5, 0.6) is 0 Å². The fraction of sp³-hybridized carbons (Fsp3) is 0.917. The number of alkyl carbamates (subject to hydrolysis) is 1. The normalized spacial score (nSPS) is 24.7. The van der Waals surface area contributed by atoms with Gasteiger partial charge in [-0.1, -0.05) is 0 Å². The predicted octanol–water partition coefficient (Wildman–Crippen LogP) is 1.30. The molecular formula is C12H23NO4. The summed E-state index contributed by atoms with van der Waals surface area (Å²) in [6.07, 6.45) is 1.09. The molecule has 1 unspecified atom stereocenters. The monoisotopic (exact) mass is 245 g/mol. The van der Waals surface area contributed by atoms with Crippen LogP contribution in [-0.2, 0) is 9.47 Å². The van der Waals surface area contributed by atoms with Crippen LogP contribution in [0.15, 0.2) is 0 Å². The standard InChI is InChI=1S/C12H23NO4/c1-11(2,3)17-10(15)13-8-12(4-6-14)5-7-16-9-12/h14H,4-9H2,1-3H3,(H,13,15). The number of hydrogen-bond donors (Lipinski definition) is 2. The number of ether oxygens (including phenoxy) is 2. The molecule has 1 aliphatic rings. The van der Waals surface area contributed by atoms with Gasteiger partial charge in [-0.15, -0.1) is 0 Å². The SMILES string of the molecule is CC(C)(C)OC(=O)NCC1(CCO)CCOC1. The van der Waals surface area contributed by atoms with Crippen molar-refractivity contribution >= 4 is 6.09 Å². The van der Waals surface area contributed by atoms with E-state index in [1.807, 2.05) is 20.8 Å². The van der Waals surface area contributed by atoms with E-state index in [4.69, 9.17) is 14.6 Å². The van der Waals surface area contributed by atoms with Gasteiger partial charge in [0.05, 0.1) is 6.61 Å². The molecule has 0 radical (unpaired) electrons. The van der Waals surface area contributed by atoms with Crippen molar-refractivity contribution in [1.82, 2.24) is 5.32 Å². The zero-order chi connectivity index (χ0) is 12.9. The van der Waals surface area contributed by atoms with E-state index in [-0.39, 0.29) is 12.0 Å². The van der Waals surface area contributed by atoms with E-state index < -0.39 is 11.7 Å². The Morgan fingerprint density at radius 1 is 1.53 bits per heavy atom. The Morgan fingerprint density at radius 3 is 2.71 bits per heavy atom. The number of hydrogen-bond acceptors (Lipinski definition) is 4.